The molecule has 1 aromatic carbocycles. The lowest BCUT2D eigenvalue weighted by Gasteiger charge is -2.33. The van der Waals surface area contributed by atoms with Crippen molar-refractivity contribution in [3.05, 3.63) is 65.8 Å². The van der Waals surface area contributed by atoms with Crippen LogP contribution in [0.1, 0.15) is 47.4 Å². The van der Waals surface area contributed by atoms with Crippen LogP contribution in [0.5, 0.6) is 5.75 Å². The highest BCUT2D eigenvalue weighted by Gasteiger charge is 2.31. The Labute approximate surface area is 214 Å². The first-order chi connectivity index (χ1) is 16.4. The van der Waals surface area contributed by atoms with Gasteiger partial charge in [-0.15, -0.1) is 6.58 Å². The van der Waals surface area contributed by atoms with Crippen molar-refractivity contribution < 1.29 is 36.3 Å². The molecule has 1 aromatic rings. The molecule has 2 rings (SSSR count). The summed E-state index contributed by atoms with van der Waals surface area (Å²) in [4.78, 5) is 25.0. The van der Waals surface area contributed by atoms with Crippen LogP contribution in [0, 0.1) is 0 Å². The maximum atomic E-state index is 12.7. The summed E-state index contributed by atoms with van der Waals surface area (Å²) in [6.07, 6.45) is 7.56. The predicted molar refractivity (Wildman–Crippen MR) is 135 cm³/mol. The molecule has 0 aromatic heterocycles. The highest BCUT2D eigenvalue weighted by Crippen LogP contribution is 2.26. The summed E-state index contributed by atoms with van der Waals surface area (Å²) >= 11 is 1.85. The molecule has 0 bridgehead atoms. The van der Waals surface area contributed by atoms with Crippen molar-refractivity contribution in [3.63, 3.8) is 0 Å². The summed E-state index contributed by atoms with van der Waals surface area (Å²) in [7, 11) is 1.27. The van der Waals surface area contributed by atoms with E-state index in [2.05, 4.69) is 6.58 Å². The Balaban J connectivity index is 2.07. The average Bonchev–Trinajstić information content (AvgIpc) is 2.87. The van der Waals surface area contributed by atoms with E-state index in [1.807, 2.05) is 55.1 Å². The second kappa shape index (κ2) is 14.9. The minimum Gasteiger partial charge on any atom is -0.488 e. The fourth-order valence-corrected chi connectivity index (χ4v) is 3.71. The molecular weight excluding hydrogens is 555 g/mol. The Morgan fingerprint density at radius 1 is 1.24 bits per heavy atom. The number of rotatable bonds is 12. The van der Waals surface area contributed by atoms with Crippen LogP contribution < -0.4 is 4.74 Å². The zero-order chi connectivity index (χ0) is 24.9. The largest absolute Gasteiger partial charge is 0.488 e. The van der Waals surface area contributed by atoms with Crippen molar-refractivity contribution in [3.8, 4) is 5.75 Å². The second-order valence-electron chi connectivity index (χ2n) is 7.45. The van der Waals surface area contributed by atoms with Gasteiger partial charge in [0.15, 0.2) is 6.29 Å². The van der Waals surface area contributed by atoms with Crippen molar-refractivity contribution in [2.75, 3.05) is 26.9 Å². The van der Waals surface area contributed by atoms with Crippen molar-refractivity contribution in [1.82, 2.24) is 0 Å². The van der Waals surface area contributed by atoms with Gasteiger partial charge < -0.3 is 26.8 Å². The van der Waals surface area contributed by atoms with E-state index in [4.69, 9.17) is 26.8 Å². The molecule has 1 fully saturated rings. The SMILES string of the molecule is C=CCOC1CC(OI)CC(COC(=O)c2ccc(OCC(/C=C\C)=C/C)c(C(=O)OC)c2)O1. The highest BCUT2D eigenvalue weighted by molar-refractivity contribution is 14.1. The number of ether oxygens (including phenoxy) is 5. The fourth-order valence-electron chi connectivity index (χ4n) is 3.30. The average molecular weight is 586 g/mol. The van der Waals surface area contributed by atoms with Gasteiger partial charge in [0.2, 0.25) is 0 Å². The minimum atomic E-state index is -0.613. The zero-order valence-electron chi connectivity index (χ0n) is 19.7. The van der Waals surface area contributed by atoms with Crippen molar-refractivity contribution in [1.29, 1.82) is 0 Å². The molecule has 34 heavy (non-hydrogen) atoms. The van der Waals surface area contributed by atoms with Gasteiger partial charge in [-0.1, -0.05) is 24.3 Å². The van der Waals surface area contributed by atoms with E-state index in [1.54, 1.807) is 18.2 Å². The monoisotopic (exact) mass is 586 g/mol. The molecule has 1 aliphatic heterocycles. The maximum absolute atomic E-state index is 12.7. The number of esters is 2. The summed E-state index contributed by atoms with van der Waals surface area (Å²) in [6.45, 7) is 8.07. The smallest absolute Gasteiger partial charge is 0.341 e. The molecule has 0 radical (unpaired) electrons. The molecule has 3 unspecified atom stereocenters. The Bertz CT molecular complexity index is 895. The third-order valence-electron chi connectivity index (χ3n) is 5.02. The van der Waals surface area contributed by atoms with E-state index in [0.717, 1.165) is 5.57 Å². The summed E-state index contributed by atoms with van der Waals surface area (Å²) < 4.78 is 33.0. The molecule has 1 saturated heterocycles. The van der Waals surface area contributed by atoms with Gasteiger partial charge in [-0.3, -0.25) is 0 Å². The first-order valence-electron chi connectivity index (χ1n) is 10.9. The van der Waals surface area contributed by atoms with Gasteiger partial charge in [-0.05, 0) is 37.6 Å². The van der Waals surface area contributed by atoms with Crippen LogP contribution in [-0.2, 0) is 22.0 Å². The van der Waals surface area contributed by atoms with E-state index < -0.39 is 18.2 Å². The third kappa shape index (κ3) is 8.53. The number of halogens is 1. The molecule has 3 atom stereocenters. The van der Waals surface area contributed by atoms with Crippen molar-refractivity contribution in [2.24, 2.45) is 0 Å². The molecule has 0 amide bonds. The molecule has 8 nitrogen and oxygen atoms in total. The third-order valence-corrected chi connectivity index (χ3v) is 5.74. The Kier molecular flexibility index (Phi) is 12.3. The van der Waals surface area contributed by atoms with Crippen LogP contribution >= 0.6 is 23.0 Å². The van der Waals surface area contributed by atoms with E-state index in [-0.39, 0.29) is 36.5 Å². The molecule has 0 saturated carbocycles. The molecule has 0 aliphatic carbocycles. The Hall–Kier alpha value is -2.21. The number of methoxy groups -OCH3 is 1. The van der Waals surface area contributed by atoms with Gasteiger partial charge in [0, 0.05) is 12.8 Å². The maximum Gasteiger partial charge on any atom is 0.341 e. The topological polar surface area (TPSA) is 89.5 Å². The van der Waals surface area contributed by atoms with Gasteiger partial charge in [0.1, 0.15) is 47.5 Å². The van der Waals surface area contributed by atoms with Crippen LogP contribution in [0.15, 0.2) is 54.7 Å². The Morgan fingerprint density at radius 2 is 2.03 bits per heavy atom. The number of allylic oxidation sites excluding steroid dienone is 2. The predicted octanol–water partition coefficient (Wildman–Crippen LogP) is 4.97. The molecule has 0 spiro atoms. The van der Waals surface area contributed by atoms with Gasteiger partial charge in [0.05, 0.1) is 31.5 Å². The summed E-state index contributed by atoms with van der Waals surface area (Å²) in [6, 6.07) is 4.51. The lowest BCUT2D eigenvalue weighted by molar-refractivity contribution is -0.211. The highest BCUT2D eigenvalue weighted by atomic mass is 127. The first-order valence-corrected chi connectivity index (χ1v) is 11.8. The second-order valence-corrected chi connectivity index (χ2v) is 7.95. The van der Waals surface area contributed by atoms with E-state index >= 15 is 0 Å². The molecule has 0 N–H and O–H groups in total. The quantitative estimate of drug-likeness (QED) is 0.147. The van der Waals surface area contributed by atoms with Gasteiger partial charge >= 0.3 is 11.9 Å². The number of carbonyl (C=O) groups is 2. The lowest BCUT2D eigenvalue weighted by Crippen LogP contribution is -2.40. The van der Waals surface area contributed by atoms with Gasteiger partial charge in [0.25, 0.3) is 0 Å². The number of carbonyl (C=O) groups excluding carboxylic acids is 2. The van der Waals surface area contributed by atoms with Crippen LogP contribution in [-0.4, -0.2) is 57.4 Å². The minimum absolute atomic E-state index is 0.0170. The number of hydrogen-bond acceptors (Lipinski definition) is 8. The van der Waals surface area contributed by atoms with Crippen LogP contribution in [0.4, 0.5) is 0 Å². The standard InChI is InChI=1S/C25H31IO8/c1-5-8-17(7-3)15-31-22-10-9-18(12-21(22)25(28)29-4)24(27)32-16-20-13-19(34-26)14-23(33-20)30-11-6-2/h5-10,12,19-20,23H,2,11,13-16H2,1,3-4H3/b8-5-,17-7+. The van der Waals surface area contributed by atoms with Crippen LogP contribution in [0.3, 0.4) is 0 Å². The zero-order valence-corrected chi connectivity index (χ0v) is 21.8. The lowest BCUT2D eigenvalue weighted by atomic mass is 10.1. The summed E-state index contributed by atoms with van der Waals surface area (Å²) in [5.74, 6) is -0.894. The fraction of sp³-hybridized carbons (Fsp3) is 0.440. The Morgan fingerprint density at radius 3 is 2.68 bits per heavy atom. The van der Waals surface area contributed by atoms with Crippen molar-refractivity contribution >= 4 is 34.9 Å². The molecule has 1 heterocycles. The molecule has 186 valence electrons. The number of benzene rings is 1. The summed E-state index contributed by atoms with van der Waals surface area (Å²) in [5.41, 5.74) is 1.28. The van der Waals surface area contributed by atoms with E-state index in [9.17, 15) is 9.59 Å². The molecule has 1 aliphatic rings. The van der Waals surface area contributed by atoms with Gasteiger partial charge in [-0.2, -0.15) is 0 Å². The normalized spacial score (nSPS) is 20.7. The van der Waals surface area contributed by atoms with Gasteiger partial charge in [-0.25, -0.2) is 9.59 Å². The summed E-state index contributed by atoms with van der Waals surface area (Å²) in [5, 5.41) is 0. The first kappa shape index (κ1) is 28.0. The molecule has 9 heteroatoms. The van der Waals surface area contributed by atoms with E-state index in [1.165, 1.54) is 13.2 Å². The number of hydrogen-bond donors (Lipinski definition) is 0. The van der Waals surface area contributed by atoms with Crippen molar-refractivity contribution in [2.45, 2.75) is 45.2 Å². The van der Waals surface area contributed by atoms with Crippen LogP contribution in [0.2, 0.25) is 0 Å². The van der Waals surface area contributed by atoms with E-state index in [0.29, 0.717) is 25.2 Å². The molecular formula is C25H31IO8. The van der Waals surface area contributed by atoms with Crippen LogP contribution in [0.25, 0.3) is 0 Å².